The number of hydrogen-bond donors (Lipinski definition) is 0. The summed E-state index contributed by atoms with van der Waals surface area (Å²) in [6.07, 6.45) is 10.5. The van der Waals surface area contributed by atoms with Crippen LogP contribution in [0.5, 0.6) is 11.5 Å². The third-order valence-corrected chi connectivity index (χ3v) is 5.60. The summed E-state index contributed by atoms with van der Waals surface area (Å²) in [5.41, 5.74) is 2.03. The molecule has 0 bridgehead atoms. The van der Waals surface area contributed by atoms with Crippen molar-refractivity contribution in [3.8, 4) is 11.5 Å². The van der Waals surface area contributed by atoms with E-state index in [2.05, 4.69) is 32.0 Å². The van der Waals surface area contributed by atoms with Gasteiger partial charge in [0.05, 0.1) is 13.2 Å². The number of epoxide rings is 1. The van der Waals surface area contributed by atoms with Gasteiger partial charge in [-0.05, 0) is 37.1 Å². The highest BCUT2D eigenvalue weighted by Crippen LogP contribution is 2.44. The number of hydrogen-bond acceptors (Lipinski definition) is 3. The fourth-order valence-corrected chi connectivity index (χ4v) is 3.56. The molecule has 3 nitrogen and oxygen atoms in total. The van der Waals surface area contributed by atoms with Gasteiger partial charge in [0, 0.05) is 5.56 Å². The maximum Gasteiger partial charge on any atom is 0.125 e. The van der Waals surface area contributed by atoms with E-state index in [4.69, 9.17) is 14.2 Å². The van der Waals surface area contributed by atoms with Crippen molar-refractivity contribution in [2.75, 3.05) is 13.2 Å². The van der Waals surface area contributed by atoms with Crippen LogP contribution in [-0.4, -0.2) is 13.2 Å². The fourth-order valence-electron chi connectivity index (χ4n) is 3.56. The molecule has 0 N–H and O–H groups in total. The summed E-state index contributed by atoms with van der Waals surface area (Å²) in [4.78, 5) is 0. The van der Waals surface area contributed by atoms with Crippen molar-refractivity contribution >= 4 is 0 Å². The molecule has 1 atom stereocenters. The van der Waals surface area contributed by atoms with Crippen molar-refractivity contribution in [1.82, 2.24) is 0 Å². The fraction of sp³-hybridized carbons (Fsp3) is 0.538. The molecule has 0 aliphatic carbocycles. The van der Waals surface area contributed by atoms with Crippen LogP contribution in [0.15, 0.2) is 48.5 Å². The van der Waals surface area contributed by atoms with E-state index < -0.39 is 0 Å². The maximum atomic E-state index is 6.13. The average molecular weight is 397 g/mol. The maximum absolute atomic E-state index is 6.13. The molecule has 3 heteroatoms. The van der Waals surface area contributed by atoms with Crippen molar-refractivity contribution < 1.29 is 14.2 Å². The minimum Gasteiger partial charge on any atom is -0.493 e. The van der Waals surface area contributed by atoms with Gasteiger partial charge in [-0.3, -0.25) is 0 Å². The molecule has 2 aromatic carbocycles. The van der Waals surface area contributed by atoms with Crippen molar-refractivity contribution in [1.29, 1.82) is 0 Å². The van der Waals surface area contributed by atoms with Crippen molar-refractivity contribution in [3.63, 3.8) is 0 Å². The normalized spacial score (nSPS) is 17.9. The first-order valence-electron chi connectivity index (χ1n) is 11.3. The first-order valence-corrected chi connectivity index (χ1v) is 11.3. The van der Waals surface area contributed by atoms with E-state index in [0.717, 1.165) is 42.3 Å². The molecule has 1 aliphatic heterocycles. The first-order chi connectivity index (χ1) is 14.2. The monoisotopic (exact) mass is 396 g/mol. The summed E-state index contributed by atoms with van der Waals surface area (Å²) in [6, 6.07) is 16.4. The molecule has 1 unspecified atom stereocenters. The van der Waals surface area contributed by atoms with Crippen LogP contribution >= 0.6 is 0 Å². The molecule has 0 aromatic heterocycles. The molecule has 29 heavy (non-hydrogen) atoms. The third-order valence-electron chi connectivity index (χ3n) is 5.60. The van der Waals surface area contributed by atoms with Gasteiger partial charge in [-0.1, -0.05) is 82.2 Å². The van der Waals surface area contributed by atoms with E-state index in [-0.39, 0.29) is 5.60 Å². The van der Waals surface area contributed by atoms with E-state index in [1.54, 1.807) is 0 Å². The van der Waals surface area contributed by atoms with Gasteiger partial charge in [-0.25, -0.2) is 0 Å². The Morgan fingerprint density at radius 3 is 2.24 bits per heavy atom. The van der Waals surface area contributed by atoms with Gasteiger partial charge in [0.25, 0.3) is 0 Å². The van der Waals surface area contributed by atoms with Gasteiger partial charge < -0.3 is 14.2 Å². The predicted molar refractivity (Wildman–Crippen MR) is 119 cm³/mol. The van der Waals surface area contributed by atoms with Crippen molar-refractivity contribution in [3.05, 3.63) is 59.7 Å². The number of unbranched alkanes of at least 4 members (excludes halogenated alkanes) is 7. The minimum atomic E-state index is -0.235. The highest BCUT2D eigenvalue weighted by Gasteiger charge is 2.43. The van der Waals surface area contributed by atoms with Crippen LogP contribution in [0.3, 0.4) is 0 Å². The molecule has 0 saturated carbocycles. The summed E-state index contributed by atoms with van der Waals surface area (Å²) >= 11 is 0. The van der Waals surface area contributed by atoms with E-state index in [1.165, 1.54) is 44.9 Å². The lowest BCUT2D eigenvalue weighted by Crippen LogP contribution is -2.08. The lowest BCUT2D eigenvalue weighted by molar-refractivity contribution is 0.275. The summed E-state index contributed by atoms with van der Waals surface area (Å²) in [5, 5.41) is 0. The Bertz CT molecular complexity index is 722. The molecular formula is C26H36O3. The van der Waals surface area contributed by atoms with Crippen molar-refractivity contribution in [2.24, 2.45) is 0 Å². The zero-order chi connectivity index (χ0) is 20.4. The van der Waals surface area contributed by atoms with Crippen LogP contribution in [0.25, 0.3) is 0 Å². The second-order valence-corrected chi connectivity index (χ2v) is 8.28. The van der Waals surface area contributed by atoms with Gasteiger partial charge in [0.2, 0.25) is 0 Å². The SMILES string of the molecule is CCCCCCCCCCOc1ccc(OCc2ccccc2)cc1C1(C)CO1. The number of ether oxygens (including phenoxy) is 3. The Hall–Kier alpha value is -2.00. The molecule has 1 saturated heterocycles. The predicted octanol–water partition coefficient (Wildman–Crippen LogP) is 7.03. The van der Waals surface area contributed by atoms with Gasteiger partial charge >= 0.3 is 0 Å². The van der Waals surface area contributed by atoms with Crippen LogP contribution in [0.4, 0.5) is 0 Å². The molecule has 1 fully saturated rings. The second kappa shape index (κ2) is 11.3. The van der Waals surface area contributed by atoms with Crippen LogP contribution < -0.4 is 9.47 Å². The van der Waals surface area contributed by atoms with E-state index in [0.29, 0.717) is 6.61 Å². The molecular weight excluding hydrogens is 360 g/mol. The number of rotatable bonds is 14. The molecule has 1 heterocycles. The molecule has 2 aromatic rings. The van der Waals surface area contributed by atoms with E-state index in [9.17, 15) is 0 Å². The summed E-state index contributed by atoms with van der Waals surface area (Å²) < 4.78 is 17.8. The third kappa shape index (κ3) is 7.08. The first kappa shape index (κ1) is 21.7. The highest BCUT2D eigenvalue weighted by atomic mass is 16.6. The summed E-state index contributed by atoms with van der Waals surface area (Å²) in [7, 11) is 0. The lowest BCUT2D eigenvalue weighted by Gasteiger charge is -2.16. The summed E-state index contributed by atoms with van der Waals surface area (Å²) in [5.74, 6) is 1.79. The van der Waals surface area contributed by atoms with Gasteiger partial charge in [0.15, 0.2) is 0 Å². The topological polar surface area (TPSA) is 31.0 Å². The molecule has 3 rings (SSSR count). The molecule has 1 aliphatic rings. The van der Waals surface area contributed by atoms with E-state index in [1.807, 2.05) is 30.3 Å². The van der Waals surface area contributed by atoms with Crippen LogP contribution in [0, 0.1) is 0 Å². The second-order valence-electron chi connectivity index (χ2n) is 8.28. The molecule has 0 radical (unpaired) electrons. The van der Waals surface area contributed by atoms with Crippen LogP contribution in [0.1, 0.15) is 76.3 Å². The smallest absolute Gasteiger partial charge is 0.125 e. The lowest BCUT2D eigenvalue weighted by atomic mass is 10.0. The highest BCUT2D eigenvalue weighted by molar-refractivity contribution is 5.45. The zero-order valence-corrected chi connectivity index (χ0v) is 18.1. The van der Waals surface area contributed by atoms with Gasteiger partial charge in [0.1, 0.15) is 23.7 Å². The molecule has 158 valence electrons. The minimum absolute atomic E-state index is 0.235. The number of benzene rings is 2. The summed E-state index contributed by atoms with van der Waals surface area (Å²) in [6.45, 7) is 6.45. The Kier molecular flexibility index (Phi) is 8.42. The Balaban J connectivity index is 1.46. The van der Waals surface area contributed by atoms with E-state index >= 15 is 0 Å². The zero-order valence-electron chi connectivity index (χ0n) is 18.1. The van der Waals surface area contributed by atoms with Crippen molar-refractivity contribution in [2.45, 2.75) is 77.4 Å². The largest absolute Gasteiger partial charge is 0.493 e. The Labute approximate surface area is 176 Å². The molecule has 0 amide bonds. The van der Waals surface area contributed by atoms with Gasteiger partial charge in [-0.15, -0.1) is 0 Å². The average Bonchev–Trinajstić information content (AvgIpc) is 3.50. The quantitative estimate of drug-likeness (QED) is 0.254. The Morgan fingerprint density at radius 2 is 1.55 bits per heavy atom. The standard InChI is InChI=1S/C26H36O3/c1-3-4-5-6-7-8-9-13-18-27-25-17-16-23(19-24(25)26(2)21-29-26)28-20-22-14-11-10-12-15-22/h10-12,14-17,19H,3-9,13,18,20-21H2,1-2H3. The van der Waals surface area contributed by atoms with Crippen LogP contribution in [0.2, 0.25) is 0 Å². The van der Waals surface area contributed by atoms with Gasteiger partial charge in [-0.2, -0.15) is 0 Å². The molecule has 0 spiro atoms. The Morgan fingerprint density at radius 1 is 0.862 bits per heavy atom. The van der Waals surface area contributed by atoms with Crippen LogP contribution in [-0.2, 0) is 16.9 Å².